The maximum absolute atomic E-state index is 10.9. The molecule has 1 rings (SSSR count). The molecule has 14 heavy (non-hydrogen) atoms. The minimum atomic E-state index is -0.751. The lowest BCUT2D eigenvalue weighted by Crippen LogP contribution is -2.30. The molecule has 0 spiro atoms. The smallest absolute Gasteiger partial charge is 0.169 e. The second kappa shape index (κ2) is 5.68. The van der Waals surface area contributed by atoms with Crippen molar-refractivity contribution in [3.8, 4) is 0 Å². The fraction of sp³-hybridized carbons (Fsp3) is 0.556. The molecule has 1 aromatic heterocycles. The minimum absolute atomic E-state index is 0.240. The topological polar surface area (TPSA) is 42.2 Å². The third-order valence-electron chi connectivity index (χ3n) is 1.74. The van der Waals surface area contributed by atoms with E-state index in [-0.39, 0.29) is 6.04 Å². The first-order valence-electron chi connectivity index (χ1n) is 4.35. The van der Waals surface area contributed by atoms with Gasteiger partial charge in [-0.25, -0.2) is 0 Å². The zero-order valence-corrected chi connectivity index (χ0v) is 10.7. The predicted molar refractivity (Wildman–Crippen MR) is 61.6 cm³/mol. The summed E-state index contributed by atoms with van der Waals surface area (Å²) in [4.78, 5) is 0. The van der Waals surface area contributed by atoms with E-state index in [9.17, 15) is 4.21 Å². The maximum Gasteiger partial charge on any atom is 0.169 e. The number of hydrogen-bond donors (Lipinski definition) is 1. The highest BCUT2D eigenvalue weighted by molar-refractivity contribution is 9.10. The van der Waals surface area contributed by atoms with E-state index in [2.05, 4.69) is 21.2 Å². The van der Waals surface area contributed by atoms with Crippen molar-refractivity contribution in [1.82, 2.24) is 5.32 Å². The first-order chi connectivity index (χ1) is 6.58. The number of furan rings is 1. The lowest BCUT2D eigenvalue weighted by atomic mass is 10.3. The van der Waals surface area contributed by atoms with Gasteiger partial charge in [0.1, 0.15) is 5.76 Å². The fourth-order valence-corrected chi connectivity index (χ4v) is 2.29. The molecule has 0 fully saturated rings. The summed E-state index contributed by atoms with van der Waals surface area (Å²) in [6, 6.07) is 4.01. The molecule has 0 aromatic carbocycles. The van der Waals surface area contributed by atoms with Gasteiger partial charge >= 0.3 is 0 Å². The third-order valence-corrected chi connectivity index (χ3v) is 3.13. The van der Waals surface area contributed by atoms with Crippen LogP contribution in [0.3, 0.4) is 0 Å². The molecule has 3 nitrogen and oxygen atoms in total. The summed E-state index contributed by atoms with van der Waals surface area (Å²) in [7, 11) is -0.751. The summed E-state index contributed by atoms with van der Waals surface area (Å²) in [5.41, 5.74) is 0. The molecule has 0 saturated carbocycles. The minimum Gasteiger partial charge on any atom is -0.453 e. The molecule has 5 heteroatoms. The Kier molecular flexibility index (Phi) is 4.84. The molecule has 1 aromatic rings. The molecular formula is C9H14BrNO2S. The number of nitrogens with one attached hydrogen (secondary N) is 1. The first kappa shape index (κ1) is 11.9. The molecule has 0 aliphatic carbocycles. The van der Waals surface area contributed by atoms with Gasteiger partial charge in [0.05, 0.1) is 6.54 Å². The number of halogens is 1. The fourth-order valence-electron chi connectivity index (χ4n) is 1.13. The van der Waals surface area contributed by atoms with Crippen molar-refractivity contribution in [2.24, 2.45) is 0 Å². The molecule has 1 heterocycles. The Morgan fingerprint density at radius 3 is 2.86 bits per heavy atom. The van der Waals surface area contributed by atoms with Crippen LogP contribution >= 0.6 is 15.9 Å². The zero-order valence-electron chi connectivity index (χ0n) is 8.25. The van der Waals surface area contributed by atoms with E-state index in [1.807, 2.05) is 19.1 Å². The molecule has 0 saturated heterocycles. The SMILES string of the molecule is CC(CS(C)=O)NCc1ccc(Br)o1. The van der Waals surface area contributed by atoms with Crippen LogP contribution in [-0.2, 0) is 17.3 Å². The Morgan fingerprint density at radius 2 is 2.36 bits per heavy atom. The summed E-state index contributed by atoms with van der Waals surface area (Å²) in [6.45, 7) is 2.68. The molecule has 80 valence electrons. The van der Waals surface area contributed by atoms with Gasteiger partial charge in [0.15, 0.2) is 4.67 Å². The second-order valence-corrected chi connectivity index (χ2v) is 5.49. The van der Waals surface area contributed by atoms with Crippen molar-refractivity contribution in [2.75, 3.05) is 12.0 Å². The summed E-state index contributed by atoms with van der Waals surface area (Å²) in [6.07, 6.45) is 1.71. The van der Waals surface area contributed by atoms with E-state index < -0.39 is 10.8 Å². The Bertz CT molecular complexity index is 314. The predicted octanol–water partition coefficient (Wildman–Crippen LogP) is 1.90. The van der Waals surface area contributed by atoms with Crippen molar-refractivity contribution < 1.29 is 8.63 Å². The lowest BCUT2D eigenvalue weighted by Gasteiger charge is -2.10. The molecular weight excluding hydrogens is 266 g/mol. The summed E-state index contributed by atoms with van der Waals surface area (Å²) in [5, 5.41) is 3.24. The lowest BCUT2D eigenvalue weighted by molar-refractivity contribution is 0.451. The molecule has 2 atom stereocenters. The van der Waals surface area contributed by atoms with Gasteiger partial charge in [-0.1, -0.05) is 0 Å². The Labute approximate surface area is 94.8 Å². The van der Waals surface area contributed by atoms with Gasteiger partial charge in [-0.15, -0.1) is 0 Å². The van der Waals surface area contributed by atoms with Crippen molar-refractivity contribution in [2.45, 2.75) is 19.5 Å². The van der Waals surface area contributed by atoms with Crippen LogP contribution in [0.25, 0.3) is 0 Å². The standard InChI is InChI=1S/C9H14BrNO2S/c1-7(6-14(2)12)11-5-8-3-4-9(10)13-8/h3-4,7,11H,5-6H2,1-2H3. The highest BCUT2D eigenvalue weighted by Crippen LogP contribution is 2.13. The van der Waals surface area contributed by atoms with E-state index in [1.165, 1.54) is 0 Å². The van der Waals surface area contributed by atoms with Gasteiger partial charge in [0.2, 0.25) is 0 Å². The van der Waals surface area contributed by atoms with Gasteiger partial charge in [-0.3, -0.25) is 4.21 Å². The van der Waals surface area contributed by atoms with Crippen LogP contribution in [0.4, 0.5) is 0 Å². The van der Waals surface area contributed by atoms with Crippen LogP contribution in [0.1, 0.15) is 12.7 Å². The normalized spacial score (nSPS) is 15.4. The van der Waals surface area contributed by atoms with Gasteiger partial charge in [0.25, 0.3) is 0 Å². The van der Waals surface area contributed by atoms with Crippen LogP contribution in [0.15, 0.2) is 21.2 Å². The maximum atomic E-state index is 10.9. The average molecular weight is 280 g/mol. The van der Waals surface area contributed by atoms with Crippen LogP contribution in [0.5, 0.6) is 0 Å². The third kappa shape index (κ3) is 4.39. The van der Waals surface area contributed by atoms with Crippen LogP contribution in [-0.4, -0.2) is 22.3 Å². The van der Waals surface area contributed by atoms with Crippen LogP contribution in [0, 0.1) is 0 Å². The van der Waals surface area contributed by atoms with Crippen molar-refractivity contribution in [3.05, 3.63) is 22.6 Å². The van der Waals surface area contributed by atoms with Crippen LogP contribution in [0.2, 0.25) is 0 Å². The number of hydrogen-bond acceptors (Lipinski definition) is 3. The molecule has 2 unspecified atom stereocenters. The summed E-state index contributed by atoms with van der Waals surface area (Å²) in [5.74, 6) is 1.55. The highest BCUT2D eigenvalue weighted by Gasteiger charge is 2.05. The van der Waals surface area contributed by atoms with E-state index >= 15 is 0 Å². The van der Waals surface area contributed by atoms with Crippen molar-refractivity contribution in [1.29, 1.82) is 0 Å². The number of rotatable bonds is 5. The van der Waals surface area contributed by atoms with Crippen LogP contribution < -0.4 is 5.32 Å². The summed E-state index contributed by atoms with van der Waals surface area (Å²) >= 11 is 3.24. The van der Waals surface area contributed by atoms with E-state index in [4.69, 9.17) is 4.42 Å². The average Bonchev–Trinajstić information content (AvgIpc) is 2.47. The first-order valence-corrected chi connectivity index (χ1v) is 6.87. The molecule has 0 amide bonds. The van der Waals surface area contributed by atoms with Crippen molar-refractivity contribution >= 4 is 26.7 Å². The zero-order chi connectivity index (χ0) is 10.6. The van der Waals surface area contributed by atoms with Gasteiger partial charge in [-0.2, -0.15) is 0 Å². The second-order valence-electron chi connectivity index (χ2n) is 3.23. The van der Waals surface area contributed by atoms with Gasteiger partial charge in [-0.05, 0) is 35.0 Å². The van der Waals surface area contributed by atoms with Gasteiger partial charge in [0, 0.05) is 28.9 Å². The Balaban J connectivity index is 2.30. The van der Waals surface area contributed by atoms with E-state index in [0.29, 0.717) is 12.3 Å². The monoisotopic (exact) mass is 279 g/mol. The quantitative estimate of drug-likeness (QED) is 0.895. The molecule has 1 N–H and O–H groups in total. The Morgan fingerprint density at radius 1 is 1.64 bits per heavy atom. The molecule has 0 aliphatic heterocycles. The molecule has 0 radical (unpaired) electrons. The van der Waals surface area contributed by atoms with Gasteiger partial charge < -0.3 is 9.73 Å². The Hall–Kier alpha value is -0.130. The van der Waals surface area contributed by atoms with Crippen molar-refractivity contribution in [3.63, 3.8) is 0 Å². The molecule has 0 aliphatic rings. The highest BCUT2D eigenvalue weighted by atomic mass is 79.9. The van der Waals surface area contributed by atoms with E-state index in [0.717, 1.165) is 10.4 Å². The summed E-state index contributed by atoms with van der Waals surface area (Å²) < 4.78 is 17.0. The van der Waals surface area contributed by atoms with E-state index in [1.54, 1.807) is 6.26 Å². The molecule has 0 bridgehead atoms. The largest absolute Gasteiger partial charge is 0.453 e.